The standard InChI is InChI=1S/C24H19F3N2/c25-24(26,27)23(17-11-5-2-6-12-17)15-28-21(16-9-3-1-4-10-16)22-20(23)18-13-7-8-14-19(18)29-22/h1-14,21,28-29H,15H2/t21?,23-/m1/s1. The number of aromatic amines is 1. The summed E-state index contributed by atoms with van der Waals surface area (Å²) >= 11 is 0. The summed E-state index contributed by atoms with van der Waals surface area (Å²) in [7, 11) is 0. The fourth-order valence-electron chi connectivity index (χ4n) is 4.59. The first kappa shape index (κ1) is 18.0. The summed E-state index contributed by atoms with van der Waals surface area (Å²) in [6.07, 6.45) is -4.47. The molecule has 0 saturated carbocycles. The second kappa shape index (κ2) is 6.49. The lowest BCUT2D eigenvalue weighted by Gasteiger charge is -2.43. The van der Waals surface area contributed by atoms with E-state index in [4.69, 9.17) is 0 Å². The Bertz CT molecular complexity index is 1150. The van der Waals surface area contributed by atoms with E-state index in [1.165, 1.54) is 0 Å². The van der Waals surface area contributed by atoms with E-state index in [1.54, 1.807) is 42.5 Å². The van der Waals surface area contributed by atoms with Gasteiger partial charge in [0.15, 0.2) is 0 Å². The van der Waals surface area contributed by atoms with Crippen LogP contribution in [0, 0.1) is 0 Å². The topological polar surface area (TPSA) is 27.8 Å². The molecule has 4 aromatic rings. The number of hydrogen-bond acceptors (Lipinski definition) is 1. The van der Waals surface area contributed by atoms with Crippen LogP contribution in [0.25, 0.3) is 10.9 Å². The van der Waals surface area contributed by atoms with E-state index in [0.717, 1.165) is 5.56 Å². The SMILES string of the molecule is FC(F)(F)[C@@]1(c2ccccc2)CNC(c2ccccc2)c2[nH]c3ccccc3c21. The normalized spacial score (nSPS) is 21.8. The van der Waals surface area contributed by atoms with Crippen LogP contribution in [0.1, 0.15) is 28.4 Å². The molecule has 146 valence electrons. The van der Waals surface area contributed by atoms with Crippen LogP contribution in [0.15, 0.2) is 84.9 Å². The summed E-state index contributed by atoms with van der Waals surface area (Å²) in [4.78, 5) is 3.30. The Hall–Kier alpha value is -3.05. The van der Waals surface area contributed by atoms with Crippen LogP contribution in [0.4, 0.5) is 13.2 Å². The van der Waals surface area contributed by atoms with Crippen LogP contribution in [0.5, 0.6) is 0 Å². The van der Waals surface area contributed by atoms with E-state index < -0.39 is 11.6 Å². The Morgan fingerprint density at radius 2 is 1.41 bits per heavy atom. The quantitative estimate of drug-likeness (QED) is 0.449. The molecule has 1 unspecified atom stereocenters. The van der Waals surface area contributed by atoms with Crippen molar-refractivity contribution in [3.63, 3.8) is 0 Å². The Morgan fingerprint density at radius 3 is 2.10 bits per heavy atom. The number of aromatic nitrogens is 1. The fraction of sp³-hybridized carbons (Fsp3) is 0.167. The highest BCUT2D eigenvalue weighted by molar-refractivity contribution is 5.87. The van der Waals surface area contributed by atoms with E-state index in [2.05, 4.69) is 10.3 Å². The van der Waals surface area contributed by atoms with Crippen molar-refractivity contribution in [3.8, 4) is 0 Å². The van der Waals surface area contributed by atoms with Gasteiger partial charge in [0.05, 0.1) is 6.04 Å². The monoisotopic (exact) mass is 392 g/mol. The number of rotatable bonds is 2. The minimum absolute atomic E-state index is 0.227. The van der Waals surface area contributed by atoms with Crippen molar-refractivity contribution < 1.29 is 13.2 Å². The fourth-order valence-corrected chi connectivity index (χ4v) is 4.59. The molecule has 0 bridgehead atoms. The second-order valence-corrected chi connectivity index (χ2v) is 7.45. The molecule has 0 fully saturated rings. The minimum Gasteiger partial charge on any atom is -0.357 e. The Balaban J connectivity index is 1.86. The molecule has 0 radical (unpaired) electrons. The van der Waals surface area contributed by atoms with Gasteiger partial charge in [0.1, 0.15) is 5.41 Å². The zero-order valence-corrected chi connectivity index (χ0v) is 15.5. The molecule has 3 aromatic carbocycles. The van der Waals surface area contributed by atoms with Crippen LogP contribution in [-0.4, -0.2) is 17.7 Å². The Kier molecular flexibility index (Phi) is 4.03. The summed E-state index contributed by atoms with van der Waals surface area (Å²) in [5.41, 5.74) is 0.659. The van der Waals surface area contributed by atoms with Gasteiger partial charge in [-0.25, -0.2) is 0 Å². The number of benzene rings is 3. The smallest absolute Gasteiger partial charge is 0.357 e. The van der Waals surface area contributed by atoms with E-state index in [9.17, 15) is 13.2 Å². The van der Waals surface area contributed by atoms with Gasteiger partial charge in [-0.15, -0.1) is 0 Å². The van der Waals surface area contributed by atoms with Gasteiger partial charge in [0.2, 0.25) is 0 Å². The number of H-pyrrole nitrogens is 1. The molecule has 2 N–H and O–H groups in total. The lowest BCUT2D eigenvalue weighted by Crippen LogP contribution is -2.55. The van der Waals surface area contributed by atoms with Gasteiger partial charge in [0.25, 0.3) is 0 Å². The van der Waals surface area contributed by atoms with Gasteiger partial charge in [-0.2, -0.15) is 13.2 Å². The van der Waals surface area contributed by atoms with Crippen molar-refractivity contribution in [3.05, 3.63) is 107 Å². The van der Waals surface area contributed by atoms with Crippen molar-refractivity contribution in [1.29, 1.82) is 0 Å². The predicted molar refractivity (Wildman–Crippen MR) is 108 cm³/mol. The van der Waals surface area contributed by atoms with Crippen LogP contribution in [-0.2, 0) is 5.41 Å². The number of para-hydroxylation sites is 1. The van der Waals surface area contributed by atoms with Crippen molar-refractivity contribution >= 4 is 10.9 Å². The summed E-state index contributed by atoms with van der Waals surface area (Å²) in [6.45, 7) is -0.227. The van der Waals surface area contributed by atoms with E-state index >= 15 is 0 Å². The van der Waals surface area contributed by atoms with Gasteiger partial charge in [-0.3, -0.25) is 0 Å². The maximum absolute atomic E-state index is 14.8. The third-order valence-corrected chi connectivity index (χ3v) is 5.91. The maximum Gasteiger partial charge on any atom is 0.403 e. The van der Waals surface area contributed by atoms with Crippen molar-refractivity contribution in [2.75, 3.05) is 6.54 Å². The highest BCUT2D eigenvalue weighted by atomic mass is 19.4. The molecule has 1 aromatic heterocycles. The number of nitrogens with one attached hydrogen (secondary N) is 2. The molecular formula is C24H19F3N2. The summed E-state index contributed by atoms with van der Waals surface area (Å²) in [5.74, 6) is 0. The molecule has 29 heavy (non-hydrogen) atoms. The molecule has 5 heteroatoms. The molecule has 0 aliphatic carbocycles. The third-order valence-electron chi connectivity index (χ3n) is 5.91. The Morgan fingerprint density at radius 1 is 0.793 bits per heavy atom. The van der Waals surface area contributed by atoms with Crippen molar-refractivity contribution in [2.24, 2.45) is 0 Å². The number of hydrogen-bond donors (Lipinski definition) is 2. The van der Waals surface area contributed by atoms with E-state index in [-0.39, 0.29) is 18.2 Å². The summed E-state index contributed by atoms with van der Waals surface area (Å²) < 4.78 is 44.5. The number of halogens is 3. The minimum atomic E-state index is -4.47. The van der Waals surface area contributed by atoms with Crippen molar-refractivity contribution in [1.82, 2.24) is 10.3 Å². The Labute approximate surface area is 166 Å². The second-order valence-electron chi connectivity index (χ2n) is 7.45. The maximum atomic E-state index is 14.8. The van der Waals surface area contributed by atoms with E-state index in [1.807, 2.05) is 42.5 Å². The molecular weight excluding hydrogens is 373 g/mol. The lowest BCUT2D eigenvalue weighted by molar-refractivity contribution is -0.178. The molecule has 0 amide bonds. The molecule has 0 saturated heterocycles. The summed E-state index contributed by atoms with van der Waals surface area (Å²) in [6, 6.07) is 24.7. The van der Waals surface area contributed by atoms with Gasteiger partial charge >= 0.3 is 6.18 Å². The third kappa shape index (κ3) is 2.61. The predicted octanol–water partition coefficient (Wildman–Crippen LogP) is 5.71. The van der Waals surface area contributed by atoms with Crippen LogP contribution >= 0.6 is 0 Å². The lowest BCUT2D eigenvalue weighted by atomic mass is 9.69. The van der Waals surface area contributed by atoms with Gasteiger partial charge in [-0.1, -0.05) is 78.9 Å². The molecule has 5 rings (SSSR count). The summed E-state index contributed by atoms with van der Waals surface area (Å²) in [5, 5.41) is 3.81. The molecule has 2 atom stereocenters. The highest BCUT2D eigenvalue weighted by Crippen LogP contribution is 2.53. The molecule has 1 aliphatic rings. The number of alkyl halides is 3. The average molecular weight is 392 g/mol. The molecule has 1 aliphatic heterocycles. The zero-order chi connectivity index (χ0) is 20.1. The zero-order valence-electron chi connectivity index (χ0n) is 15.5. The van der Waals surface area contributed by atoms with Crippen LogP contribution in [0.3, 0.4) is 0 Å². The highest BCUT2D eigenvalue weighted by Gasteiger charge is 2.60. The van der Waals surface area contributed by atoms with Crippen LogP contribution in [0.2, 0.25) is 0 Å². The van der Waals surface area contributed by atoms with Crippen molar-refractivity contribution in [2.45, 2.75) is 17.6 Å². The molecule has 2 heterocycles. The van der Waals surface area contributed by atoms with Gasteiger partial charge in [-0.05, 0) is 17.2 Å². The molecule has 0 spiro atoms. The largest absolute Gasteiger partial charge is 0.403 e. The number of fused-ring (bicyclic) bond motifs is 3. The first-order chi connectivity index (χ1) is 14.0. The molecule has 2 nitrogen and oxygen atoms in total. The van der Waals surface area contributed by atoms with Crippen LogP contribution < -0.4 is 5.32 Å². The van der Waals surface area contributed by atoms with Gasteiger partial charge < -0.3 is 10.3 Å². The van der Waals surface area contributed by atoms with E-state index in [0.29, 0.717) is 22.2 Å². The first-order valence-electron chi connectivity index (χ1n) is 9.54. The average Bonchev–Trinajstić information content (AvgIpc) is 3.13. The van der Waals surface area contributed by atoms with Gasteiger partial charge in [0, 0.05) is 28.7 Å². The first-order valence-corrected chi connectivity index (χ1v) is 9.54.